The SMILES string of the molecule is CN(C)S(=O)(=O)n1ccc(CCl)n1. The first-order valence-electron chi connectivity index (χ1n) is 3.52. The largest absolute Gasteiger partial charge is 0.322 e. The summed E-state index contributed by atoms with van der Waals surface area (Å²) >= 11 is 5.49. The summed E-state index contributed by atoms with van der Waals surface area (Å²) in [5, 5.41) is 3.78. The predicted octanol–water partition coefficient (Wildman–Crippen LogP) is 0.276. The van der Waals surface area contributed by atoms with Gasteiger partial charge >= 0.3 is 10.2 Å². The molecule has 0 aliphatic heterocycles. The van der Waals surface area contributed by atoms with Gasteiger partial charge in [-0.2, -0.15) is 21.9 Å². The molecule has 0 amide bonds. The van der Waals surface area contributed by atoms with Crippen LogP contribution in [0.2, 0.25) is 0 Å². The van der Waals surface area contributed by atoms with Gasteiger partial charge in [-0.15, -0.1) is 11.6 Å². The van der Waals surface area contributed by atoms with Gasteiger partial charge in [-0.1, -0.05) is 0 Å². The molecule has 0 unspecified atom stereocenters. The van der Waals surface area contributed by atoms with Gasteiger partial charge in [0.05, 0.1) is 11.6 Å². The maximum Gasteiger partial charge on any atom is 0.322 e. The highest BCUT2D eigenvalue weighted by atomic mass is 35.5. The summed E-state index contributed by atoms with van der Waals surface area (Å²) in [5.41, 5.74) is 0.534. The van der Waals surface area contributed by atoms with Crippen molar-refractivity contribution in [2.24, 2.45) is 0 Å². The van der Waals surface area contributed by atoms with E-state index in [9.17, 15) is 8.42 Å². The molecular formula is C6H10ClN3O2S. The zero-order valence-electron chi connectivity index (χ0n) is 7.31. The molecule has 1 heterocycles. The summed E-state index contributed by atoms with van der Waals surface area (Å²) in [6.07, 6.45) is 1.37. The maximum atomic E-state index is 11.4. The fourth-order valence-corrected chi connectivity index (χ4v) is 1.61. The molecule has 0 spiro atoms. The number of rotatable bonds is 3. The lowest BCUT2D eigenvalue weighted by atomic mass is 10.5. The van der Waals surface area contributed by atoms with Gasteiger partial charge in [0.15, 0.2) is 0 Å². The minimum atomic E-state index is -3.49. The van der Waals surface area contributed by atoms with Gasteiger partial charge in [0, 0.05) is 20.3 Å². The molecule has 1 rings (SSSR count). The zero-order chi connectivity index (χ0) is 10.1. The Morgan fingerprint density at radius 3 is 2.62 bits per heavy atom. The number of nitrogens with zero attached hydrogens (tertiary/aromatic N) is 3. The van der Waals surface area contributed by atoms with Crippen LogP contribution in [0.25, 0.3) is 0 Å². The summed E-state index contributed by atoms with van der Waals surface area (Å²) in [6.45, 7) is 0. The Labute approximate surface area is 82.1 Å². The van der Waals surface area contributed by atoms with Gasteiger partial charge in [0.2, 0.25) is 0 Å². The first kappa shape index (κ1) is 10.5. The van der Waals surface area contributed by atoms with E-state index >= 15 is 0 Å². The molecule has 0 fully saturated rings. The third-order valence-corrected chi connectivity index (χ3v) is 3.33. The standard InChI is InChI=1S/C6H10ClN3O2S/c1-9(2)13(11,12)10-4-3-6(5-7)8-10/h3-4H,5H2,1-2H3. The third kappa shape index (κ3) is 2.01. The summed E-state index contributed by atoms with van der Waals surface area (Å²) in [6, 6.07) is 1.56. The number of halogens is 1. The van der Waals surface area contributed by atoms with Crippen molar-refractivity contribution in [3.63, 3.8) is 0 Å². The number of alkyl halides is 1. The molecule has 0 N–H and O–H groups in total. The van der Waals surface area contributed by atoms with Crippen LogP contribution in [0, 0.1) is 0 Å². The minimum absolute atomic E-state index is 0.204. The van der Waals surface area contributed by atoms with Crippen LogP contribution in [0.15, 0.2) is 12.3 Å². The van der Waals surface area contributed by atoms with Crippen molar-refractivity contribution in [2.75, 3.05) is 14.1 Å². The van der Waals surface area contributed by atoms with Crippen LogP contribution in [0.5, 0.6) is 0 Å². The van der Waals surface area contributed by atoms with E-state index in [1.807, 2.05) is 0 Å². The van der Waals surface area contributed by atoms with E-state index in [2.05, 4.69) is 5.10 Å². The number of aromatic nitrogens is 2. The Bertz CT molecular complexity index is 384. The van der Waals surface area contributed by atoms with Crippen LogP contribution in [0.3, 0.4) is 0 Å². The van der Waals surface area contributed by atoms with Crippen LogP contribution >= 0.6 is 11.6 Å². The van der Waals surface area contributed by atoms with Crippen molar-refractivity contribution in [1.29, 1.82) is 0 Å². The molecule has 1 aromatic rings. The second-order valence-corrected chi connectivity index (χ2v) is 4.87. The molecule has 0 saturated carbocycles. The lowest BCUT2D eigenvalue weighted by Gasteiger charge is -2.09. The zero-order valence-corrected chi connectivity index (χ0v) is 8.88. The van der Waals surface area contributed by atoms with Crippen LogP contribution in [-0.4, -0.2) is 36.0 Å². The highest BCUT2D eigenvalue weighted by Gasteiger charge is 2.16. The molecule has 0 aliphatic rings. The minimum Gasteiger partial charge on any atom is -0.189 e. The fraction of sp³-hybridized carbons (Fsp3) is 0.500. The van der Waals surface area contributed by atoms with Crippen molar-refractivity contribution < 1.29 is 8.42 Å². The van der Waals surface area contributed by atoms with Gasteiger partial charge in [0.25, 0.3) is 0 Å². The first-order chi connectivity index (χ1) is 5.98. The second kappa shape index (κ2) is 3.65. The van der Waals surface area contributed by atoms with Crippen molar-refractivity contribution in [3.05, 3.63) is 18.0 Å². The fourth-order valence-electron chi connectivity index (χ4n) is 0.710. The average Bonchev–Trinajstić information content (AvgIpc) is 2.51. The molecule has 7 heteroatoms. The summed E-state index contributed by atoms with van der Waals surface area (Å²) < 4.78 is 24.9. The second-order valence-electron chi connectivity index (χ2n) is 2.60. The van der Waals surface area contributed by atoms with E-state index in [4.69, 9.17) is 11.6 Å². The lowest BCUT2D eigenvalue weighted by Crippen LogP contribution is -2.29. The van der Waals surface area contributed by atoms with Crippen LogP contribution < -0.4 is 0 Å². The topological polar surface area (TPSA) is 55.2 Å². The lowest BCUT2D eigenvalue weighted by molar-refractivity contribution is 0.503. The van der Waals surface area contributed by atoms with E-state index < -0.39 is 10.2 Å². The summed E-state index contributed by atoms with van der Waals surface area (Å²) in [7, 11) is -0.602. The van der Waals surface area contributed by atoms with Crippen molar-refractivity contribution >= 4 is 21.8 Å². The van der Waals surface area contributed by atoms with E-state index in [0.717, 1.165) is 8.39 Å². The third-order valence-electron chi connectivity index (χ3n) is 1.46. The van der Waals surface area contributed by atoms with E-state index in [1.165, 1.54) is 20.3 Å². The highest BCUT2D eigenvalue weighted by molar-refractivity contribution is 7.87. The first-order valence-corrected chi connectivity index (χ1v) is 5.45. The monoisotopic (exact) mass is 223 g/mol. The Kier molecular flexibility index (Phi) is 2.94. The molecule has 0 saturated heterocycles. The van der Waals surface area contributed by atoms with E-state index in [-0.39, 0.29) is 5.88 Å². The van der Waals surface area contributed by atoms with Crippen LogP contribution in [0.1, 0.15) is 5.69 Å². The molecule has 74 valence electrons. The molecule has 1 aromatic heterocycles. The summed E-state index contributed by atoms with van der Waals surface area (Å²) in [4.78, 5) is 0. The molecule has 5 nitrogen and oxygen atoms in total. The Balaban J connectivity index is 3.09. The van der Waals surface area contributed by atoms with Crippen LogP contribution in [0.4, 0.5) is 0 Å². The van der Waals surface area contributed by atoms with E-state index in [0.29, 0.717) is 5.69 Å². The molecule has 0 aliphatic carbocycles. The highest BCUT2D eigenvalue weighted by Crippen LogP contribution is 2.04. The number of hydrogen-bond donors (Lipinski definition) is 0. The Morgan fingerprint density at radius 2 is 2.23 bits per heavy atom. The quantitative estimate of drug-likeness (QED) is 0.692. The predicted molar refractivity (Wildman–Crippen MR) is 49.8 cm³/mol. The van der Waals surface area contributed by atoms with Gasteiger partial charge < -0.3 is 0 Å². The maximum absolute atomic E-state index is 11.4. The normalized spacial score (nSPS) is 12.3. The average molecular weight is 224 g/mol. The van der Waals surface area contributed by atoms with E-state index in [1.54, 1.807) is 6.07 Å². The molecule has 13 heavy (non-hydrogen) atoms. The van der Waals surface area contributed by atoms with Crippen molar-refractivity contribution in [3.8, 4) is 0 Å². The smallest absolute Gasteiger partial charge is 0.189 e. The van der Waals surface area contributed by atoms with Gasteiger partial charge in [0.1, 0.15) is 0 Å². The van der Waals surface area contributed by atoms with Gasteiger partial charge in [-0.3, -0.25) is 0 Å². The summed E-state index contributed by atoms with van der Waals surface area (Å²) in [5.74, 6) is 0.204. The van der Waals surface area contributed by atoms with Crippen molar-refractivity contribution in [2.45, 2.75) is 5.88 Å². The molecule has 0 atom stereocenters. The molecule has 0 bridgehead atoms. The molecular weight excluding hydrogens is 214 g/mol. The van der Waals surface area contributed by atoms with Crippen molar-refractivity contribution in [1.82, 2.24) is 13.5 Å². The van der Waals surface area contributed by atoms with Gasteiger partial charge in [-0.25, -0.2) is 0 Å². The Morgan fingerprint density at radius 1 is 1.62 bits per heavy atom. The number of hydrogen-bond acceptors (Lipinski definition) is 3. The Hall–Kier alpha value is -0.590. The van der Waals surface area contributed by atoms with Crippen LogP contribution in [-0.2, 0) is 16.1 Å². The molecule has 0 aromatic carbocycles. The molecule has 0 radical (unpaired) electrons. The van der Waals surface area contributed by atoms with Gasteiger partial charge in [-0.05, 0) is 6.07 Å².